The second-order valence-electron chi connectivity index (χ2n) is 16.4. The van der Waals surface area contributed by atoms with E-state index in [4.69, 9.17) is 18.9 Å². The fourth-order valence-corrected chi connectivity index (χ4v) is 13.5. The van der Waals surface area contributed by atoms with Gasteiger partial charge < -0.3 is 29.6 Å². The number of thiophene rings is 2. The number of allylic oxidation sites excluding steroid dienone is 2. The summed E-state index contributed by atoms with van der Waals surface area (Å²) in [5.41, 5.74) is 4.70. The minimum Gasteiger partial charge on any atom is -0.489 e. The molecule has 6 aliphatic heterocycles. The number of fused-ring (bicyclic) bond motifs is 8. The highest BCUT2D eigenvalue weighted by Crippen LogP contribution is 2.57. The smallest absolute Gasteiger partial charge is 0.340 e. The third-order valence-corrected chi connectivity index (χ3v) is 17.1. The van der Waals surface area contributed by atoms with E-state index in [2.05, 4.69) is 10.6 Å². The summed E-state index contributed by atoms with van der Waals surface area (Å²) in [7, 11) is 0. The van der Waals surface area contributed by atoms with Crippen molar-refractivity contribution in [3.8, 4) is 23.0 Å². The van der Waals surface area contributed by atoms with E-state index in [-0.39, 0.29) is 60.4 Å². The molecule has 2 N–H and O–H groups in total. The number of carbonyl (C=O) groups excluding carboxylic acids is 5. The first kappa shape index (κ1) is 41.7. The van der Waals surface area contributed by atoms with Gasteiger partial charge in [0, 0.05) is 61.5 Å². The number of rotatable bonds is 12. The number of hydrogen-bond acceptors (Lipinski definition) is 13. The topological polar surface area (TPSA) is 153 Å². The summed E-state index contributed by atoms with van der Waals surface area (Å²) in [6, 6.07) is 24.8. The van der Waals surface area contributed by atoms with Gasteiger partial charge in [-0.15, -0.1) is 46.2 Å². The van der Waals surface area contributed by atoms with Gasteiger partial charge in [-0.1, -0.05) is 30.3 Å². The molecular formula is C48H40N4O9S4. The van der Waals surface area contributed by atoms with E-state index in [9.17, 15) is 24.0 Å². The molecule has 8 heterocycles. The average molecular weight is 945 g/mol. The summed E-state index contributed by atoms with van der Waals surface area (Å²) in [5.74, 6) is 2.14. The van der Waals surface area contributed by atoms with Crippen LogP contribution in [0.2, 0.25) is 0 Å². The molecule has 2 fully saturated rings. The van der Waals surface area contributed by atoms with Gasteiger partial charge in [-0.2, -0.15) is 0 Å². The molecule has 0 bridgehead atoms. The Kier molecular flexibility index (Phi) is 10.6. The maximum atomic E-state index is 13.5. The molecule has 6 aliphatic rings. The van der Waals surface area contributed by atoms with Crippen molar-refractivity contribution in [2.24, 2.45) is 0 Å². The van der Waals surface area contributed by atoms with Crippen molar-refractivity contribution in [2.75, 3.05) is 24.7 Å². The molecule has 13 nitrogen and oxygen atoms in total. The van der Waals surface area contributed by atoms with E-state index < -0.39 is 23.7 Å². The second-order valence-corrected chi connectivity index (χ2v) is 20.7. The maximum Gasteiger partial charge on any atom is 0.340 e. The molecule has 2 aromatic heterocycles. The van der Waals surface area contributed by atoms with Crippen molar-refractivity contribution < 1.29 is 42.9 Å². The van der Waals surface area contributed by atoms with Gasteiger partial charge in [0.2, 0.25) is 11.8 Å². The Labute approximate surface area is 390 Å². The van der Waals surface area contributed by atoms with Crippen LogP contribution in [0.5, 0.6) is 23.0 Å². The van der Waals surface area contributed by atoms with E-state index in [1.807, 2.05) is 91.3 Å². The van der Waals surface area contributed by atoms with Crippen LogP contribution < -0.4 is 24.8 Å². The van der Waals surface area contributed by atoms with Crippen LogP contribution in [0.1, 0.15) is 50.7 Å². The predicted molar refractivity (Wildman–Crippen MR) is 247 cm³/mol. The number of nitrogens with one attached hydrogen (secondary N) is 2. The maximum absolute atomic E-state index is 13.5. The number of benzene rings is 3. The molecule has 0 aliphatic carbocycles. The molecule has 330 valence electrons. The number of hydrogen-bond donors (Lipinski definition) is 2. The van der Waals surface area contributed by atoms with Crippen molar-refractivity contribution in [3.05, 3.63) is 150 Å². The standard InChI is InChI=1S/C48H40N4O9S4/c1-25-27(23-64-45-41(43(55)51(25)45)49-39(53)19-31-7-5-15-62-31)21-58-29-11-13-35-37(17-29)60-38-18-30(12-14-36(38)48(35)34-10-4-3-9-33(34)47(57)61-48)59-22-28-24-65-46-42(44(56)52(46)26(28)2)50-40(54)20-32-8-6-16-63-32/h3-18,41-42,45-46H,19-24H2,1-2H3,(H,49,53)(H,50,54). The average Bonchev–Trinajstić information content (AvgIpc) is 4.08. The lowest BCUT2D eigenvalue weighted by atomic mass is 9.77. The zero-order valence-electron chi connectivity index (χ0n) is 35.0. The van der Waals surface area contributed by atoms with Crippen molar-refractivity contribution in [1.82, 2.24) is 20.4 Å². The minimum absolute atomic E-state index is 0.136. The Balaban J connectivity index is 0.796. The molecule has 5 aromatic rings. The van der Waals surface area contributed by atoms with Crippen LogP contribution in [0.3, 0.4) is 0 Å². The molecule has 17 heteroatoms. The van der Waals surface area contributed by atoms with Crippen LogP contribution in [0.25, 0.3) is 0 Å². The lowest BCUT2D eigenvalue weighted by Gasteiger charge is -2.50. The van der Waals surface area contributed by atoms with Gasteiger partial charge in [-0.05, 0) is 78.2 Å². The third kappa shape index (κ3) is 7.10. The van der Waals surface area contributed by atoms with Crippen LogP contribution in [-0.4, -0.2) is 86.9 Å². The van der Waals surface area contributed by atoms with Crippen LogP contribution in [0.15, 0.2) is 118 Å². The van der Waals surface area contributed by atoms with Gasteiger partial charge in [-0.3, -0.25) is 29.0 Å². The zero-order valence-corrected chi connectivity index (χ0v) is 38.3. The Morgan fingerprint density at radius 1 is 0.677 bits per heavy atom. The monoisotopic (exact) mass is 944 g/mol. The SMILES string of the molecule is CC1=C(COc2ccc3c(c2)Oc2cc(OCC4=C(C)N5C(=O)C(NC(=O)Cc6cccs6)C5SC4)ccc2C32OC(=O)c3ccccc32)CSC2C(NC(=O)Cc3cccs3)C(=O)N12. The third-order valence-electron chi connectivity index (χ3n) is 12.6. The lowest BCUT2D eigenvalue weighted by Crippen LogP contribution is -2.69. The number of β-lactam (4-membered cyclic amide) rings is 2. The first-order valence-electron chi connectivity index (χ1n) is 21.0. The summed E-state index contributed by atoms with van der Waals surface area (Å²) in [5, 5.41) is 9.37. The highest BCUT2D eigenvalue weighted by Gasteiger charge is 2.55. The quantitative estimate of drug-likeness (QED) is 0.0986. The van der Waals surface area contributed by atoms with E-state index in [1.165, 1.54) is 22.7 Å². The van der Waals surface area contributed by atoms with Gasteiger partial charge in [0.25, 0.3) is 11.8 Å². The molecule has 0 saturated carbocycles. The Morgan fingerprint density at radius 2 is 1.18 bits per heavy atom. The molecule has 4 atom stereocenters. The van der Waals surface area contributed by atoms with Crippen LogP contribution in [0, 0.1) is 0 Å². The Bertz CT molecular complexity index is 2720. The first-order chi connectivity index (χ1) is 31.6. The molecule has 11 rings (SSSR count). The lowest BCUT2D eigenvalue weighted by molar-refractivity contribution is -0.146. The zero-order chi connectivity index (χ0) is 44.6. The van der Waals surface area contributed by atoms with Crippen molar-refractivity contribution >= 4 is 75.8 Å². The van der Waals surface area contributed by atoms with Crippen LogP contribution >= 0.6 is 46.2 Å². The van der Waals surface area contributed by atoms with E-state index >= 15 is 0 Å². The van der Waals surface area contributed by atoms with Crippen molar-refractivity contribution in [1.29, 1.82) is 0 Å². The number of nitrogens with zero attached hydrogens (tertiary/aromatic N) is 2. The van der Waals surface area contributed by atoms with Crippen LogP contribution in [-0.2, 0) is 42.4 Å². The normalized spacial score (nSPS) is 23.6. The number of ether oxygens (including phenoxy) is 4. The van der Waals surface area contributed by atoms with Gasteiger partial charge in [0.05, 0.1) is 18.4 Å². The highest BCUT2D eigenvalue weighted by molar-refractivity contribution is 8.00. The molecule has 4 unspecified atom stereocenters. The number of amides is 4. The molecule has 2 saturated heterocycles. The van der Waals surface area contributed by atoms with Crippen molar-refractivity contribution in [3.63, 3.8) is 0 Å². The fourth-order valence-electron chi connectivity index (χ4n) is 9.21. The predicted octanol–water partition coefficient (Wildman–Crippen LogP) is 6.97. The summed E-state index contributed by atoms with van der Waals surface area (Å²) in [6.45, 7) is 4.27. The molecule has 4 amide bonds. The van der Waals surface area contributed by atoms with Crippen molar-refractivity contribution in [2.45, 2.75) is 55.1 Å². The summed E-state index contributed by atoms with van der Waals surface area (Å²) in [4.78, 5) is 70.8. The number of thioether (sulfide) groups is 2. The molecule has 65 heavy (non-hydrogen) atoms. The molecular weight excluding hydrogens is 905 g/mol. The second kappa shape index (κ2) is 16.5. The van der Waals surface area contributed by atoms with Gasteiger partial charge >= 0.3 is 5.97 Å². The molecule has 0 radical (unpaired) electrons. The fraction of sp³-hybridized carbons (Fsp3) is 0.271. The van der Waals surface area contributed by atoms with Gasteiger partial charge in [0.1, 0.15) is 59.0 Å². The summed E-state index contributed by atoms with van der Waals surface area (Å²) < 4.78 is 25.8. The summed E-state index contributed by atoms with van der Waals surface area (Å²) >= 11 is 6.22. The number of carbonyl (C=O) groups is 5. The van der Waals surface area contributed by atoms with E-state index in [0.29, 0.717) is 56.8 Å². The highest BCUT2D eigenvalue weighted by atomic mass is 32.2. The molecule has 3 aromatic carbocycles. The number of esters is 1. The van der Waals surface area contributed by atoms with E-state index in [1.54, 1.807) is 51.5 Å². The van der Waals surface area contributed by atoms with Gasteiger partial charge in [-0.25, -0.2) is 4.79 Å². The first-order valence-corrected chi connectivity index (χ1v) is 24.9. The summed E-state index contributed by atoms with van der Waals surface area (Å²) in [6.07, 6.45) is 0.494. The van der Waals surface area contributed by atoms with Crippen LogP contribution in [0.4, 0.5) is 0 Å². The molecule has 1 spiro atoms. The largest absolute Gasteiger partial charge is 0.489 e. The Hall–Kier alpha value is -6.01. The minimum atomic E-state index is -1.29. The Morgan fingerprint density at radius 3 is 1.68 bits per heavy atom. The van der Waals surface area contributed by atoms with Gasteiger partial charge in [0.15, 0.2) is 5.60 Å². The van der Waals surface area contributed by atoms with E-state index in [0.717, 1.165) is 32.3 Å².